The Morgan fingerprint density at radius 3 is 2.84 bits per heavy atom. The lowest BCUT2D eigenvalue weighted by Gasteiger charge is -2.40. The quantitative estimate of drug-likeness (QED) is 0.809. The summed E-state index contributed by atoms with van der Waals surface area (Å²) in [6.45, 7) is 0.823. The molecular weight excluding hydrogens is 319 g/mol. The molecule has 1 aliphatic rings. The molecule has 1 saturated carbocycles. The van der Waals surface area contributed by atoms with Crippen molar-refractivity contribution >= 4 is 15.9 Å². The summed E-state index contributed by atoms with van der Waals surface area (Å²) in [4.78, 5) is 0. The van der Waals surface area contributed by atoms with Crippen LogP contribution >= 0.6 is 15.9 Å². The van der Waals surface area contributed by atoms with E-state index < -0.39 is 18.0 Å². The van der Waals surface area contributed by atoms with Gasteiger partial charge in [0.2, 0.25) is 0 Å². The zero-order chi connectivity index (χ0) is 13.8. The third kappa shape index (κ3) is 3.66. The third-order valence-corrected chi connectivity index (χ3v) is 3.48. The first-order valence-corrected chi connectivity index (χ1v) is 6.81. The lowest BCUT2D eigenvalue weighted by Crippen LogP contribution is -2.55. The Hall–Kier alpha value is -0.690. The summed E-state index contributed by atoms with van der Waals surface area (Å²) in [7, 11) is 1.58. The topological polar surface area (TPSA) is 47.9 Å². The van der Waals surface area contributed by atoms with Crippen LogP contribution in [0.4, 0.5) is 4.39 Å². The monoisotopic (exact) mass is 334 g/mol. The van der Waals surface area contributed by atoms with E-state index >= 15 is 0 Å². The van der Waals surface area contributed by atoms with Gasteiger partial charge >= 0.3 is 0 Å². The van der Waals surface area contributed by atoms with Gasteiger partial charge in [-0.15, -0.1) is 0 Å². The van der Waals surface area contributed by atoms with Crippen LogP contribution in [0.15, 0.2) is 22.7 Å². The van der Waals surface area contributed by atoms with E-state index in [9.17, 15) is 9.50 Å². The summed E-state index contributed by atoms with van der Waals surface area (Å²) >= 11 is 3.18. The molecule has 19 heavy (non-hydrogen) atoms. The Kier molecular flexibility index (Phi) is 5.15. The summed E-state index contributed by atoms with van der Waals surface area (Å²) in [5.74, 6) is -0.271. The predicted octanol–water partition coefficient (Wildman–Crippen LogP) is 2.13. The van der Waals surface area contributed by atoms with E-state index in [1.807, 2.05) is 0 Å². The maximum atomic E-state index is 13.6. The van der Waals surface area contributed by atoms with Crippen LogP contribution in [-0.2, 0) is 9.47 Å². The highest BCUT2D eigenvalue weighted by Gasteiger charge is 2.43. The molecule has 1 aliphatic carbocycles. The second kappa shape index (κ2) is 6.65. The summed E-state index contributed by atoms with van der Waals surface area (Å²) in [6, 6.07) is 4.59. The van der Waals surface area contributed by atoms with Gasteiger partial charge in [-0.25, -0.2) is 4.39 Å². The van der Waals surface area contributed by atoms with Crippen molar-refractivity contribution in [2.75, 3.05) is 20.3 Å². The van der Waals surface area contributed by atoms with Gasteiger partial charge in [0, 0.05) is 18.0 Å². The molecule has 106 valence electrons. The van der Waals surface area contributed by atoms with E-state index in [0.717, 1.165) is 0 Å². The number of aliphatic hydroxyl groups excluding tert-OH is 1. The number of ether oxygens (including phenoxy) is 3. The Morgan fingerprint density at radius 2 is 2.21 bits per heavy atom. The molecule has 0 amide bonds. The molecule has 0 spiro atoms. The number of hydrogen-bond donors (Lipinski definition) is 1. The average Bonchev–Trinajstić information content (AvgIpc) is 2.37. The molecule has 1 aromatic rings. The van der Waals surface area contributed by atoms with Gasteiger partial charge in [0.05, 0.1) is 19.3 Å². The normalized spacial score (nSPS) is 26.0. The summed E-state index contributed by atoms with van der Waals surface area (Å²) in [5, 5.41) is 9.62. The van der Waals surface area contributed by atoms with E-state index in [1.54, 1.807) is 19.2 Å². The standard InChI is InChI=1S/C13H16BrFO4/c1-17-4-5-18-13-10(16)7-12(13)19-11-3-2-8(14)6-9(11)15/h2-3,6,10,12-13,16H,4-5,7H2,1H3. The van der Waals surface area contributed by atoms with Gasteiger partial charge in [-0.3, -0.25) is 0 Å². The van der Waals surface area contributed by atoms with Crippen molar-refractivity contribution in [3.63, 3.8) is 0 Å². The van der Waals surface area contributed by atoms with Gasteiger partial charge in [-0.2, -0.15) is 0 Å². The average molecular weight is 335 g/mol. The van der Waals surface area contributed by atoms with Crippen LogP contribution in [-0.4, -0.2) is 43.7 Å². The minimum Gasteiger partial charge on any atom is -0.484 e. The Bertz CT molecular complexity index is 429. The molecule has 0 bridgehead atoms. The fourth-order valence-electron chi connectivity index (χ4n) is 1.89. The fraction of sp³-hybridized carbons (Fsp3) is 0.538. The number of aliphatic hydroxyl groups is 1. The van der Waals surface area contributed by atoms with E-state index in [0.29, 0.717) is 24.1 Å². The van der Waals surface area contributed by atoms with Crippen LogP contribution in [0, 0.1) is 5.82 Å². The first-order chi connectivity index (χ1) is 9.11. The van der Waals surface area contributed by atoms with Crippen LogP contribution in [0.3, 0.4) is 0 Å². The maximum Gasteiger partial charge on any atom is 0.166 e. The molecule has 1 fully saturated rings. The number of hydrogen-bond acceptors (Lipinski definition) is 4. The van der Waals surface area contributed by atoms with Crippen molar-refractivity contribution in [1.82, 2.24) is 0 Å². The molecule has 0 heterocycles. The van der Waals surface area contributed by atoms with Crippen LogP contribution < -0.4 is 4.74 Å². The van der Waals surface area contributed by atoms with Crippen LogP contribution in [0.2, 0.25) is 0 Å². The minimum absolute atomic E-state index is 0.167. The van der Waals surface area contributed by atoms with Gasteiger partial charge in [-0.1, -0.05) is 15.9 Å². The first kappa shape index (κ1) is 14.7. The lowest BCUT2D eigenvalue weighted by atomic mass is 9.88. The Balaban J connectivity index is 1.91. The van der Waals surface area contributed by atoms with Crippen molar-refractivity contribution in [2.24, 2.45) is 0 Å². The van der Waals surface area contributed by atoms with Crippen LogP contribution in [0.5, 0.6) is 5.75 Å². The number of methoxy groups -OCH3 is 1. The summed E-state index contributed by atoms with van der Waals surface area (Å²) in [6.07, 6.45) is -0.895. The van der Waals surface area contributed by atoms with Crippen molar-refractivity contribution in [3.05, 3.63) is 28.5 Å². The van der Waals surface area contributed by atoms with Gasteiger partial charge in [0.1, 0.15) is 12.2 Å². The predicted molar refractivity (Wildman–Crippen MR) is 70.8 cm³/mol. The zero-order valence-corrected chi connectivity index (χ0v) is 12.1. The van der Waals surface area contributed by atoms with E-state index in [-0.39, 0.29) is 11.9 Å². The second-order valence-electron chi connectivity index (χ2n) is 4.36. The highest BCUT2D eigenvalue weighted by atomic mass is 79.9. The van der Waals surface area contributed by atoms with Gasteiger partial charge < -0.3 is 19.3 Å². The zero-order valence-electron chi connectivity index (χ0n) is 10.5. The second-order valence-corrected chi connectivity index (χ2v) is 5.28. The molecule has 1 N–H and O–H groups in total. The molecule has 6 heteroatoms. The van der Waals surface area contributed by atoms with Crippen molar-refractivity contribution in [3.8, 4) is 5.75 Å². The SMILES string of the molecule is COCCOC1C(O)CC1Oc1ccc(Br)cc1F. The smallest absolute Gasteiger partial charge is 0.166 e. The Morgan fingerprint density at radius 1 is 1.42 bits per heavy atom. The molecule has 3 unspecified atom stereocenters. The van der Waals surface area contributed by atoms with E-state index in [2.05, 4.69) is 15.9 Å². The molecule has 4 nitrogen and oxygen atoms in total. The third-order valence-electron chi connectivity index (χ3n) is 2.99. The molecule has 3 atom stereocenters. The molecule has 0 aromatic heterocycles. The molecule has 2 rings (SSSR count). The van der Waals surface area contributed by atoms with Crippen molar-refractivity contribution < 1.29 is 23.7 Å². The van der Waals surface area contributed by atoms with E-state index in [4.69, 9.17) is 14.2 Å². The number of rotatable bonds is 6. The minimum atomic E-state index is -0.569. The summed E-state index contributed by atoms with van der Waals surface area (Å²) < 4.78 is 30.1. The lowest BCUT2D eigenvalue weighted by molar-refractivity contribution is -0.167. The molecule has 1 aromatic carbocycles. The largest absolute Gasteiger partial charge is 0.484 e. The van der Waals surface area contributed by atoms with Crippen LogP contribution in [0.1, 0.15) is 6.42 Å². The highest BCUT2D eigenvalue weighted by Crippen LogP contribution is 2.31. The van der Waals surface area contributed by atoms with E-state index in [1.165, 1.54) is 6.07 Å². The molecular formula is C13H16BrFO4. The van der Waals surface area contributed by atoms with Gasteiger partial charge in [-0.05, 0) is 18.2 Å². The number of benzene rings is 1. The first-order valence-electron chi connectivity index (χ1n) is 6.02. The van der Waals surface area contributed by atoms with Crippen LogP contribution in [0.25, 0.3) is 0 Å². The number of halogens is 2. The highest BCUT2D eigenvalue weighted by molar-refractivity contribution is 9.10. The van der Waals surface area contributed by atoms with Gasteiger partial charge in [0.25, 0.3) is 0 Å². The summed E-state index contributed by atoms with van der Waals surface area (Å²) in [5.41, 5.74) is 0. The molecule has 0 radical (unpaired) electrons. The van der Waals surface area contributed by atoms with Crippen molar-refractivity contribution in [1.29, 1.82) is 0 Å². The fourth-order valence-corrected chi connectivity index (χ4v) is 2.23. The molecule has 0 saturated heterocycles. The molecule has 0 aliphatic heterocycles. The van der Waals surface area contributed by atoms with Gasteiger partial charge in [0.15, 0.2) is 11.6 Å². The maximum absolute atomic E-state index is 13.6. The van der Waals surface area contributed by atoms with Crippen molar-refractivity contribution in [2.45, 2.75) is 24.7 Å². The Labute approximate surface area is 119 Å².